The van der Waals surface area contributed by atoms with Gasteiger partial charge < -0.3 is 15.4 Å². The summed E-state index contributed by atoms with van der Waals surface area (Å²) in [5.41, 5.74) is 0.834. The number of hydrogen-bond acceptors (Lipinski definition) is 5. The molecule has 35 heavy (non-hydrogen) atoms. The average molecular weight is 479 g/mol. The number of aliphatic carboxylic acids is 1. The number of carboxylic acids is 1. The Balaban J connectivity index is 1.53. The summed E-state index contributed by atoms with van der Waals surface area (Å²) in [6.45, 7) is 1.41. The highest BCUT2D eigenvalue weighted by Gasteiger charge is 2.47. The maximum atomic E-state index is 14.3. The van der Waals surface area contributed by atoms with Crippen LogP contribution < -0.4 is 5.32 Å². The number of H-pyrrole nitrogens is 1. The molecule has 2 unspecified atom stereocenters. The Morgan fingerprint density at radius 2 is 1.86 bits per heavy atom. The van der Waals surface area contributed by atoms with Crippen molar-refractivity contribution < 1.29 is 23.5 Å². The second-order valence-corrected chi connectivity index (χ2v) is 9.56. The molecule has 0 aliphatic heterocycles. The molecule has 0 amide bonds. The first-order chi connectivity index (χ1) is 16.8. The molecule has 3 aromatic heterocycles. The van der Waals surface area contributed by atoms with Gasteiger partial charge in [-0.3, -0.25) is 14.2 Å². The highest BCUT2D eigenvalue weighted by molar-refractivity contribution is 5.99. The molecule has 0 spiro atoms. The Morgan fingerprint density at radius 3 is 2.57 bits per heavy atom. The number of carbonyl (C=O) groups is 2. The number of rotatable bonds is 4. The van der Waals surface area contributed by atoms with Crippen LogP contribution in [0.1, 0.15) is 37.4 Å². The molecule has 1 aromatic carbocycles. The van der Waals surface area contributed by atoms with E-state index in [4.69, 9.17) is 4.98 Å². The lowest BCUT2D eigenvalue weighted by Gasteiger charge is -2.47. The summed E-state index contributed by atoms with van der Waals surface area (Å²) in [5.74, 6) is -2.22. The van der Waals surface area contributed by atoms with Crippen molar-refractivity contribution in [2.45, 2.75) is 38.6 Å². The molecule has 3 aliphatic rings. The number of nitrogens with one attached hydrogen (secondary N) is 2. The lowest BCUT2D eigenvalue weighted by atomic mass is 9.61. The van der Waals surface area contributed by atoms with Gasteiger partial charge in [0.15, 0.2) is 11.5 Å². The number of hydrogen-bond donors (Lipinski definition) is 3. The molecule has 0 saturated heterocycles. The van der Waals surface area contributed by atoms with Crippen molar-refractivity contribution in [3.63, 3.8) is 0 Å². The number of benzene rings is 1. The smallest absolute Gasteiger partial charge is 0.308 e. The highest BCUT2D eigenvalue weighted by atomic mass is 19.1. The molecule has 3 saturated carbocycles. The Kier molecular flexibility index (Phi) is 4.87. The second-order valence-electron chi connectivity index (χ2n) is 9.56. The molecule has 8 nitrogen and oxygen atoms in total. The van der Waals surface area contributed by atoms with Crippen molar-refractivity contribution in [1.82, 2.24) is 19.5 Å². The molecule has 4 aromatic rings. The fourth-order valence-electron chi connectivity index (χ4n) is 6.01. The van der Waals surface area contributed by atoms with E-state index in [0.29, 0.717) is 22.4 Å². The van der Waals surface area contributed by atoms with E-state index in [1.54, 1.807) is 12.3 Å². The van der Waals surface area contributed by atoms with E-state index in [9.17, 15) is 23.5 Å². The van der Waals surface area contributed by atoms with E-state index >= 15 is 0 Å². The number of halogens is 2. The standard InChI is InChI=1S/C25H23F2N5O3/c1-11(33)32-7-6-15-22(29-20-13-4-2-12(3-5-13)19(20)25(34)35)30-23(31-24(15)32)17-10-28-21-16(17)8-14(26)9-18(21)27/h6-10,12-13,19-20,28H,2-5H2,1H3,(H,34,35)(H,29,30,31). The molecular formula is C25H23F2N5O3. The third kappa shape index (κ3) is 3.38. The monoisotopic (exact) mass is 479 g/mol. The van der Waals surface area contributed by atoms with Gasteiger partial charge in [-0.2, -0.15) is 0 Å². The van der Waals surface area contributed by atoms with Gasteiger partial charge in [-0.25, -0.2) is 18.7 Å². The SMILES string of the molecule is CC(=O)n1ccc2c(NC3C4CCC(CC4)C3C(=O)O)nc(-c3c[nH]c4c(F)cc(F)cc34)nc21. The van der Waals surface area contributed by atoms with Gasteiger partial charge in [-0.05, 0) is 49.7 Å². The first-order valence-electron chi connectivity index (χ1n) is 11.7. The van der Waals surface area contributed by atoms with Crippen molar-refractivity contribution in [2.24, 2.45) is 17.8 Å². The number of aromatic nitrogens is 4. The molecule has 2 atom stereocenters. The minimum absolute atomic E-state index is 0.105. The van der Waals surface area contributed by atoms with Gasteiger partial charge in [-0.15, -0.1) is 0 Å². The number of nitrogens with zero attached hydrogens (tertiary/aromatic N) is 3. The maximum absolute atomic E-state index is 14.3. The Morgan fingerprint density at radius 1 is 1.11 bits per heavy atom. The van der Waals surface area contributed by atoms with E-state index in [-0.39, 0.29) is 40.5 Å². The summed E-state index contributed by atoms with van der Waals surface area (Å²) in [6, 6.07) is 3.40. The maximum Gasteiger partial charge on any atom is 0.308 e. The first kappa shape index (κ1) is 21.7. The van der Waals surface area contributed by atoms with Crippen molar-refractivity contribution in [1.29, 1.82) is 0 Å². The Hall–Kier alpha value is -3.82. The largest absolute Gasteiger partial charge is 0.481 e. The molecule has 10 heteroatoms. The van der Waals surface area contributed by atoms with E-state index in [0.717, 1.165) is 31.7 Å². The van der Waals surface area contributed by atoms with Crippen LogP contribution in [0.3, 0.4) is 0 Å². The van der Waals surface area contributed by atoms with Crippen LogP contribution in [0.4, 0.5) is 14.6 Å². The van der Waals surface area contributed by atoms with Crippen LogP contribution in [0.15, 0.2) is 30.6 Å². The lowest BCUT2D eigenvalue weighted by molar-refractivity contribution is -0.148. The van der Waals surface area contributed by atoms with Crippen LogP contribution in [0.2, 0.25) is 0 Å². The van der Waals surface area contributed by atoms with Crippen LogP contribution in [-0.2, 0) is 4.79 Å². The van der Waals surface area contributed by atoms with Crippen molar-refractivity contribution in [3.05, 3.63) is 42.2 Å². The van der Waals surface area contributed by atoms with E-state index in [1.807, 2.05) is 0 Å². The third-order valence-corrected chi connectivity index (χ3v) is 7.64. The van der Waals surface area contributed by atoms with Crippen LogP contribution >= 0.6 is 0 Å². The molecule has 0 radical (unpaired) electrons. The molecule has 180 valence electrons. The second kappa shape index (κ2) is 7.86. The molecule has 3 fully saturated rings. The highest BCUT2D eigenvalue weighted by Crippen LogP contribution is 2.46. The number of carboxylic acid groups (broad SMARTS) is 1. The molecular weight excluding hydrogens is 456 g/mol. The molecule has 3 N–H and O–H groups in total. The topological polar surface area (TPSA) is 113 Å². The predicted octanol–water partition coefficient (Wildman–Crippen LogP) is 4.82. The Bertz CT molecular complexity index is 1500. The minimum atomic E-state index is -0.827. The summed E-state index contributed by atoms with van der Waals surface area (Å²) < 4.78 is 29.7. The first-order valence-corrected chi connectivity index (χ1v) is 11.7. The number of carbonyl (C=O) groups excluding carboxylic acids is 1. The number of aromatic amines is 1. The van der Waals surface area contributed by atoms with Gasteiger partial charge in [0.25, 0.3) is 0 Å². The van der Waals surface area contributed by atoms with Gasteiger partial charge in [0.2, 0.25) is 5.91 Å². The summed E-state index contributed by atoms with van der Waals surface area (Å²) in [6.07, 6.45) is 6.79. The minimum Gasteiger partial charge on any atom is -0.481 e. The number of anilines is 1. The zero-order valence-corrected chi connectivity index (χ0v) is 18.9. The van der Waals surface area contributed by atoms with E-state index in [2.05, 4.69) is 15.3 Å². The Labute approximate surface area is 198 Å². The fourth-order valence-corrected chi connectivity index (χ4v) is 6.01. The fraction of sp³-hybridized carbons (Fsp3) is 0.360. The lowest BCUT2D eigenvalue weighted by Crippen LogP contribution is -2.51. The molecule has 7 rings (SSSR count). The molecule has 3 aliphatic carbocycles. The summed E-state index contributed by atoms with van der Waals surface area (Å²) in [4.78, 5) is 36.5. The van der Waals surface area contributed by atoms with Crippen LogP contribution in [0, 0.1) is 29.4 Å². The van der Waals surface area contributed by atoms with Crippen molar-refractivity contribution in [3.8, 4) is 11.4 Å². The van der Waals surface area contributed by atoms with Gasteiger partial charge in [0.1, 0.15) is 17.5 Å². The zero-order valence-electron chi connectivity index (χ0n) is 18.9. The van der Waals surface area contributed by atoms with Gasteiger partial charge in [-0.1, -0.05) is 0 Å². The van der Waals surface area contributed by atoms with Crippen molar-refractivity contribution >= 4 is 39.6 Å². The van der Waals surface area contributed by atoms with E-state index < -0.39 is 23.5 Å². The predicted molar refractivity (Wildman–Crippen MR) is 125 cm³/mol. The van der Waals surface area contributed by atoms with Crippen LogP contribution in [0.5, 0.6) is 0 Å². The summed E-state index contributed by atoms with van der Waals surface area (Å²) >= 11 is 0. The third-order valence-electron chi connectivity index (χ3n) is 7.64. The van der Waals surface area contributed by atoms with Crippen LogP contribution in [0.25, 0.3) is 33.3 Å². The normalized spacial score (nSPS) is 23.7. The summed E-state index contributed by atoms with van der Waals surface area (Å²) in [5, 5.41) is 14.2. The zero-order chi connectivity index (χ0) is 24.4. The molecule has 3 heterocycles. The molecule has 2 bridgehead atoms. The van der Waals surface area contributed by atoms with Crippen molar-refractivity contribution in [2.75, 3.05) is 5.32 Å². The number of fused-ring (bicyclic) bond motifs is 5. The van der Waals surface area contributed by atoms with Gasteiger partial charge in [0.05, 0.1) is 16.8 Å². The van der Waals surface area contributed by atoms with E-state index in [1.165, 1.54) is 23.8 Å². The summed E-state index contributed by atoms with van der Waals surface area (Å²) in [7, 11) is 0. The average Bonchev–Trinajstić information content (AvgIpc) is 3.44. The van der Waals surface area contributed by atoms with Gasteiger partial charge in [0, 0.05) is 42.4 Å². The van der Waals surface area contributed by atoms with Crippen LogP contribution in [-0.4, -0.2) is 42.5 Å². The van der Waals surface area contributed by atoms with Gasteiger partial charge >= 0.3 is 5.97 Å². The quantitative estimate of drug-likeness (QED) is 0.387.